The van der Waals surface area contributed by atoms with Gasteiger partial charge in [-0.3, -0.25) is 0 Å². The highest BCUT2D eigenvalue weighted by molar-refractivity contribution is 5.16. The average Bonchev–Trinajstić information content (AvgIpc) is 2.28. The molecule has 0 radical (unpaired) electrons. The van der Waals surface area contributed by atoms with Gasteiger partial charge in [0.2, 0.25) is 0 Å². The number of fused-ring (bicyclic) bond motifs is 1. The molecule has 1 N–H and O–H groups in total. The Labute approximate surface area is 65.9 Å². The van der Waals surface area contributed by atoms with E-state index in [1.54, 1.807) is 6.33 Å². The van der Waals surface area contributed by atoms with Crippen molar-refractivity contribution in [2.24, 2.45) is 0 Å². The Morgan fingerprint density at radius 1 is 1.45 bits per heavy atom. The molecule has 1 aromatic rings. The van der Waals surface area contributed by atoms with Gasteiger partial charge >= 0.3 is 0 Å². The molecule has 1 aliphatic rings. The van der Waals surface area contributed by atoms with Gasteiger partial charge in [0.05, 0.1) is 5.69 Å². The van der Waals surface area contributed by atoms with Crippen LogP contribution in [0.15, 0.2) is 12.5 Å². The molecule has 0 saturated heterocycles. The van der Waals surface area contributed by atoms with E-state index in [4.69, 9.17) is 0 Å². The Hall–Kier alpha value is -0.960. The smallest absolute Gasteiger partial charge is 0.115 e. The van der Waals surface area contributed by atoms with Gasteiger partial charge in [-0.2, -0.15) is 0 Å². The zero-order valence-electron chi connectivity index (χ0n) is 6.38. The summed E-state index contributed by atoms with van der Waals surface area (Å²) in [6.45, 7) is 1.99. The van der Waals surface area contributed by atoms with Crippen molar-refractivity contribution in [3.05, 3.63) is 23.8 Å². The Balaban J connectivity index is 2.33. The van der Waals surface area contributed by atoms with Gasteiger partial charge in [0.1, 0.15) is 6.33 Å². The summed E-state index contributed by atoms with van der Waals surface area (Å²) in [5, 5.41) is 3.31. The molecule has 0 bridgehead atoms. The van der Waals surface area contributed by atoms with Crippen LogP contribution in [-0.4, -0.2) is 16.5 Å². The summed E-state index contributed by atoms with van der Waals surface area (Å²) < 4.78 is 0. The summed E-state index contributed by atoms with van der Waals surface area (Å²) in [7, 11) is 0. The number of hydrogen-bond acceptors (Lipinski definition) is 3. The van der Waals surface area contributed by atoms with Crippen LogP contribution in [0.4, 0.5) is 0 Å². The van der Waals surface area contributed by atoms with E-state index in [0.29, 0.717) is 0 Å². The maximum atomic E-state index is 4.21. The molecular weight excluding hydrogens is 138 g/mol. The zero-order chi connectivity index (χ0) is 7.52. The van der Waals surface area contributed by atoms with Crippen molar-refractivity contribution < 1.29 is 0 Å². The predicted octanol–water partition coefficient (Wildman–Crippen LogP) is 0.512. The standard InChI is InChI=1S/C8H11N3/c1-2-7-4-10-6-11-8(7)5-9-3-1/h4,6,9H,1-3,5H2. The summed E-state index contributed by atoms with van der Waals surface area (Å²) in [6, 6.07) is 0. The molecule has 3 nitrogen and oxygen atoms in total. The van der Waals surface area contributed by atoms with Crippen molar-refractivity contribution in [1.29, 1.82) is 0 Å². The number of aryl methyl sites for hydroxylation is 1. The fraction of sp³-hybridized carbons (Fsp3) is 0.500. The first-order valence-corrected chi connectivity index (χ1v) is 3.95. The highest BCUT2D eigenvalue weighted by Crippen LogP contribution is 2.08. The van der Waals surface area contributed by atoms with Crippen molar-refractivity contribution in [2.75, 3.05) is 6.54 Å². The summed E-state index contributed by atoms with van der Waals surface area (Å²) in [5.41, 5.74) is 2.47. The molecule has 0 aromatic carbocycles. The number of nitrogens with one attached hydrogen (secondary N) is 1. The molecule has 0 saturated carbocycles. The Kier molecular flexibility index (Phi) is 1.81. The van der Waals surface area contributed by atoms with E-state index < -0.39 is 0 Å². The Morgan fingerprint density at radius 3 is 3.45 bits per heavy atom. The van der Waals surface area contributed by atoms with Crippen LogP contribution in [0.5, 0.6) is 0 Å². The normalized spacial score (nSPS) is 17.1. The van der Waals surface area contributed by atoms with E-state index in [9.17, 15) is 0 Å². The van der Waals surface area contributed by atoms with Crippen LogP contribution in [0.2, 0.25) is 0 Å². The first kappa shape index (κ1) is 6.73. The minimum Gasteiger partial charge on any atom is -0.311 e. The van der Waals surface area contributed by atoms with Gasteiger partial charge in [0.25, 0.3) is 0 Å². The molecule has 2 rings (SSSR count). The van der Waals surface area contributed by atoms with E-state index in [0.717, 1.165) is 25.2 Å². The molecule has 0 spiro atoms. The van der Waals surface area contributed by atoms with Crippen molar-refractivity contribution >= 4 is 0 Å². The molecule has 0 atom stereocenters. The molecule has 1 aliphatic heterocycles. The fourth-order valence-corrected chi connectivity index (χ4v) is 1.36. The maximum absolute atomic E-state index is 4.21. The van der Waals surface area contributed by atoms with Gasteiger partial charge in [0, 0.05) is 12.7 Å². The van der Waals surface area contributed by atoms with E-state index in [1.807, 2.05) is 6.20 Å². The van der Waals surface area contributed by atoms with Crippen LogP contribution < -0.4 is 5.32 Å². The molecular formula is C8H11N3. The van der Waals surface area contributed by atoms with Crippen molar-refractivity contribution in [3.8, 4) is 0 Å². The predicted molar refractivity (Wildman–Crippen MR) is 42.1 cm³/mol. The lowest BCUT2D eigenvalue weighted by Gasteiger charge is -2.00. The second-order valence-electron chi connectivity index (χ2n) is 2.78. The van der Waals surface area contributed by atoms with E-state index in [1.165, 1.54) is 12.0 Å². The molecule has 0 aliphatic carbocycles. The molecule has 2 heterocycles. The molecule has 0 fully saturated rings. The van der Waals surface area contributed by atoms with Gasteiger partial charge in [-0.15, -0.1) is 0 Å². The quantitative estimate of drug-likeness (QED) is 0.584. The van der Waals surface area contributed by atoms with Crippen molar-refractivity contribution in [3.63, 3.8) is 0 Å². The zero-order valence-corrected chi connectivity index (χ0v) is 6.38. The molecule has 0 amide bonds. The second-order valence-corrected chi connectivity index (χ2v) is 2.78. The largest absolute Gasteiger partial charge is 0.311 e. The SMILES string of the molecule is c1ncc2c(n1)CNCCC2. The lowest BCUT2D eigenvalue weighted by atomic mass is 10.1. The summed E-state index contributed by atoms with van der Waals surface area (Å²) in [6.07, 6.45) is 5.85. The molecule has 0 unspecified atom stereocenters. The van der Waals surface area contributed by atoms with Gasteiger partial charge in [-0.1, -0.05) is 0 Å². The lowest BCUT2D eigenvalue weighted by Crippen LogP contribution is -2.12. The minimum absolute atomic E-state index is 0.901. The fourth-order valence-electron chi connectivity index (χ4n) is 1.36. The highest BCUT2D eigenvalue weighted by atomic mass is 14.9. The van der Waals surface area contributed by atoms with Gasteiger partial charge in [0.15, 0.2) is 0 Å². The van der Waals surface area contributed by atoms with E-state index >= 15 is 0 Å². The Morgan fingerprint density at radius 2 is 2.45 bits per heavy atom. The maximum Gasteiger partial charge on any atom is 0.115 e. The van der Waals surface area contributed by atoms with Crippen molar-refractivity contribution in [2.45, 2.75) is 19.4 Å². The van der Waals surface area contributed by atoms with E-state index in [2.05, 4.69) is 15.3 Å². The van der Waals surface area contributed by atoms with Gasteiger partial charge in [-0.05, 0) is 24.9 Å². The highest BCUT2D eigenvalue weighted by Gasteiger charge is 2.06. The second kappa shape index (κ2) is 2.96. The summed E-state index contributed by atoms with van der Waals surface area (Å²) in [4.78, 5) is 8.21. The monoisotopic (exact) mass is 149 g/mol. The van der Waals surface area contributed by atoms with Crippen LogP contribution in [0.25, 0.3) is 0 Å². The first-order valence-electron chi connectivity index (χ1n) is 3.95. The molecule has 1 aromatic heterocycles. The third kappa shape index (κ3) is 1.38. The van der Waals surface area contributed by atoms with Gasteiger partial charge in [-0.25, -0.2) is 9.97 Å². The van der Waals surface area contributed by atoms with Crippen LogP contribution in [0.1, 0.15) is 17.7 Å². The summed E-state index contributed by atoms with van der Waals surface area (Å²) in [5.74, 6) is 0. The minimum atomic E-state index is 0.901. The first-order chi connectivity index (χ1) is 5.47. The van der Waals surface area contributed by atoms with Crippen LogP contribution in [0, 0.1) is 0 Å². The lowest BCUT2D eigenvalue weighted by molar-refractivity contribution is 0.674. The topological polar surface area (TPSA) is 37.8 Å². The number of nitrogens with zero attached hydrogens (tertiary/aromatic N) is 2. The average molecular weight is 149 g/mol. The van der Waals surface area contributed by atoms with E-state index in [-0.39, 0.29) is 0 Å². The van der Waals surface area contributed by atoms with Crippen LogP contribution >= 0.6 is 0 Å². The number of aromatic nitrogens is 2. The third-order valence-corrected chi connectivity index (χ3v) is 1.97. The molecule has 3 heteroatoms. The summed E-state index contributed by atoms with van der Waals surface area (Å²) >= 11 is 0. The third-order valence-electron chi connectivity index (χ3n) is 1.97. The van der Waals surface area contributed by atoms with Crippen LogP contribution in [0.3, 0.4) is 0 Å². The molecule has 58 valence electrons. The molecule has 11 heavy (non-hydrogen) atoms. The van der Waals surface area contributed by atoms with Crippen molar-refractivity contribution in [1.82, 2.24) is 15.3 Å². The number of hydrogen-bond donors (Lipinski definition) is 1. The van der Waals surface area contributed by atoms with Crippen LogP contribution in [-0.2, 0) is 13.0 Å². The van der Waals surface area contributed by atoms with Gasteiger partial charge < -0.3 is 5.32 Å². The number of rotatable bonds is 0. The Bertz CT molecular complexity index is 222.